The number of hydrogen-bond donors (Lipinski definition) is 2. The molecule has 1 saturated carbocycles. The Morgan fingerprint density at radius 1 is 1.47 bits per heavy atom. The van der Waals surface area contributed by atoms with Gasteiger partial charge in [-0.15, -0.1) is 0 Å². The molecule has 1 aromatic carbocycles. The molecule has 1 aliphatic carbocycles. The van der Waals surface area contributed by atoms with Crippen molar-refractivity contribution in [1.82, 2.24) is 4.31 Å². The van der Waals surface area contributed by atoms with Crippen molar-refractivity contribution in [3.8, 4) is 0 Å². The van der Waals surface area contributed by atoms with Crippen molar-refractivity contribution in [1.29, 1.82) is 0 Å². The number of halogens is 1. The van der Waals surface area contributed by atoms with Crippen molar-refractivity contribution in [3.05, 3.63) is 24.0 Å². The topological polar surface area (TPSA) is 83.6 Å². The molecule has 0 unspecified atom stereocenters. The molecule has 0 aliphatic heterocycles. The van der Waals surface area contributed by atoms with E-state index in [0.29, 0.717) is 19.4 Å². The van der Waals surface area contributed by atoms with Gasteiger partial charge in [0.2, 0.25) is 10.0 Å². The molecule has 0 heterocycles. The molecule has 7 heteroatoms. The SMILES string of the molecule is CN(CC1CC(O)C1)S(=O)(=O)c1cccc(F)c1N. The van der Waals surface area contributed by atoms with Gasteiger partial charge < -0.3 is 10.8 Å². The van der Waals surface area contributed by atoms with Crippen LogP contribution in [-0.2, 0) is 10.0 Å². The van der Waals surface area contributed by atoms with Crippen molar-refractivity contribution >= 4 is 15.7 Å². The van der Waals surface area contributed by atoms with Crippen LogP contribution in [0.1, 0.15) is 12.8 Å². The first-order valence-electron chi connectivity index (χ1n) is 6.00. The molecule has 1 fully saturated rings. The maximum atomic E-state index is 13.3. The maximum Gasteiger partial charge on any atom is 0.244 e. The van der Waals surface area contributed by atoms with E-state index in [1.807, 2.05) is 0 Å². The Hall–Kier alpha value is -1.18. The van der Waals surface area contributed by atoms with Crippen LogP contribution < -0.4 is 5.73 Å². The lowest BCUT2D eigenvalue weighted by Gasteiger charge is -2.34. The molecule has 0 radical (unpaired) electrons. The number of nitrogens with two attached hydrogens (primary N) is 1. The highest BCUT2D eigenvalue weighted by Gasteiger charge is 2.32. The lowest BCUT2D eigenvalue weighted by atomic mass is 9.82. The van der Waals surface area contributed by atoms with Crippen LogP contribution in [0.25, 0.3) is 0 Å². The van der Waals surface area contributed by atoms with Crippen LogP contribution in [0.5, 0.6) is 0 Å². The van der Waals surface area contributed by atoms with Crippen molar-refractivity contribution < 1.29 is 17.9 Å². The molecule has 19 heavy (non-hydrogen) atoms. The summed E-state index contributed by atoms with van der Waals surface area (Å²) in [5.41, 5.74) is 5.13. The number of para-hydroxylation sites is 1. The van der Waals surface area contributed by atoms with Gasteiger partial charge in [0, 0.05) is 13.6 Å². The summed E-state index contributed by atoms with van der Waals surface area (Å²) in [6.45, 7) is 0.301. The number of hydrogen-bond acceptors (Lipinski definition) is 4. The van der Waals surface area contributed by atoms with Crippen LogP contribution in [0.3, 0.4) is 0 Å². The highest BCUT2D eigenvalue weighted by Crippen LogP contribution is 2.30. The summed E-state index contributed by atoms with van der Waals surface area (Å²) in [7, 11) is -2.36. The summed E-state index contributed by atoms with van der Waals surface area (Å²) in [4.78, 5) is -0.213. The molecule has 2 rings (SSSR count). The molecule has 0 aromatic heterocycles. The molecule has 0 saturated heterocycles. The van der Waals surface area contributed by atoms with Gasteiger partial charge in [-0.25, -0.2) is 17.1 Å². The van der Waals surface area contributed by atoms with Gasteiger partial charge in [0.15, 0.2) is 0 Å². The van der Waals surface area contributed by atoms with E-state index < -0.39 is 15.8 Å². The lowest BCUT2D eigenvalue weighted by Crippen LogP contribution is -2.39. The monoisotopic (exact) mass is 288 g/mol. The van der Waals surface area contributed by atoms with E-state index in [1.165, 1.54) is 19.2 Å². The van der Waals surface area contributed by atoms with Crippen molar-refractivity contribution in [2.24, 2.45) is 5.92 Å². The summed E-state index contributed by atoms with van der Waals surface area (Å²) < 4.78 is 39.0. The zero-order valence-corrected chi connectivity index (χ0v) is 11.4. The number of anilines is 1. The Balaban J connectivity index is 2.19. The highest BCUT2D eigenvalue weighted by atomic mass is 32.2. The molecular weight excluding hydrogens is 271 g/mol. The predicted molar refractivity (Wildman–Crippen MR) is 69.4 cm³/mol. The van der Waals surface area contributed by atoms with Crippen LogP contribution >= 0.6 is 0 Å². The normalized spacial score (nSPS) is 23.4. The lowest BCUT2D eigenvalue weighted by molar-refractivity contribution is 0.0367. The second-order valence-corrected chi connectivity index (χ2v) is 6.94. The molecule has 1 aliphatic rings. The third-order valence-electron chi connectivity index (χ3n) is 3.43. The number of nitrogens with zero attached hydrogens (tertiary/aromatic N) is 1. The minimum Gasteiger partial charge on any atom is -0.395 e. The van der Waals surface area contributed by atoms with E-state index in [4.69, 9.17) is 5.73 Å². The van der Waals surface area contributed by atoms with Crippen LogP contribution in [-0.4, -0.2) is 37.5 Å². The molecular formula is C12H17FN2O3S. The molecule has 0 amide bonds. The van der Waals surface area contributed by atoms with E-state index in [1.54, 1.807) is 0 Å². The number of rotatable bonds is 4. The molecule has 106 valence electrons. The molecule has 0 spiro atoms. The Bertz CT molecular complexity index is 570. The fourth-order valence-electron chi connectivity index (χ4n) is 2.22. The first kappa shape index (κ1) is 14.2. The standard InChI is InChI=1S/C12H17FN2O3S/c1-15(7-8-5-9(16)6-8)19(17,18)11-4-2-3-10(13)12(11)14/h2-4,8-9,16H,5-7,14H2,1H3. The van der Waals surface area contributed by atoms with E-state index in [2.05, 4.69) is 0 Å². The van der Waals surface area contributed by atoms with Gasteiger partial charge in [0.25, 0.3) is 0 Å². The second-order valence-electron chi connectivity index (χ2n) is 4.93. The zero-order valence-electron chi connectivity index (χ0n) is 10.6. The number of aliphatic hydroxyl groups excluding tert-OH is 1. The van der Waals surface area contributed by atoms with Crippen LogP contribution in [0.2, 0.25) is 0 Å². The van der Waals surface area contributed by atoms with Gasteiger partial charge in [0.05, 0.1) is 11.8 Å². The molecule has 1 aromatic rings. The summed E-state index contributed by atoms with van der Waals surface area (Å²) >= 11 is 0. The number of sulfonamides is 1. The first-order chi connectivity index (χ1) is 8.82. The maximum absolute atomic E-state index is 13.3. The van der Waals surface area contributed by atoms with Gasteiger partial charge in [-0.2, -0.15) is 0 Å². The summed E-state index contributed by atoms with van der Waals surface area (Å²) in [6.07, 6.45) is 0.858. The average molecular weight is 288 g/mol. The molecule has 0 bridgehead atoms. The number of nitrogen functional groups attached to an aromatic ring is 1. The Morgan fingerprint density at radius 3 is 2.68 bits per heavy atom. The van der Waals surface area contributed by atoms with Gasteiger partial charge >= 0.3 is 0 Å². The largest absolute Gasteiger partial charge is 0.395 e. The van der Waals surface area contributed by atoms with Crippen LogP contribution in [0.15, 0.2) is 23.1 Å². The third-order valence-corrected chi connectivity index (χ3v) is 5.31. The van der Waals surface area contributed by atoms with E-state index in [9.17, 15) is 17.9 Å². The van der Waals surface area contributed by atoms with Crippen molar-refractivity contribution in [2.45, 2.75) is 23.8 Å². The van der Waals surface area contributed by atoms with Gasteiger partial charge in [-0.1, -0.05) is 6.07 Å². The summed E-state index contributed by atoms with van der Waals surface area (Å²) in [5.74, 6) is -0.599. The van der Waals surface area contributed by atoms with Gasteiger partial charge in [0.1, 0.15) is 10.7 Å². The molecule has 3 N–H and O–H groups in total. The first-order valence-corrected chi connectivity index (χ1v) is 7.44. The van der Waals surface area contributed by atoms with Gasteiger partial charge in [-0.3, -0.25) is 0 Å². The van der Waals surface area contributed by atoms with Crippen molar-refractivity contribution in [3.63, 3.8) is 0 Å². The summed E-state index contributed by atoms with van der Waals surface area (Å²) in [5, 5.41) is 9.19. The van der Waals surface area contributed by atoms with Crippen LogP contribution in [0.4, 0.5) is 10.1 Å². The fourth-order valence-corrected chi connectivity index (χ4v) is 3.59. The quantitative estimate of drug-likeness (QED) is 0.803. The Kier molecular flexibility index (Phi) is 3.80. The average Bonchev–Trinajstić information content (AvgIpc) is 2.30. The van der Waals surface area contributed by atoms with E-state index >= 15 is 0 Å². The highest BCUT2D eigenvalue weighted by molar-refractivity contribution is 7.89. The zero-order chi connectivity index (χ0) is 14.2. The predicted octanol–water partition coefficient (Wildman–Crippen LogP) is 0.799. The van der Waals surface area contributed by atoms with Crippen molar-refractivity contribution in [2.75, 3.05) is 19.3 Å². The fraction of sp³-hybridized carbons (Fsp3) is 0.500. The van der Waals surface area contributed by atoms with E-state index in [-0.39, 0.29) is 22.6 Å². The Labute approximate surface area is 111 Å². The molecule has 0 atom stereocenters. The van der Waals surface area contributed by atoms with Crippen LogP contribution in [0, 0.1) is 11.7 Å². The van der Waals surface area contributed by atoms with E-state index in [0.717, 1.165) is 10.4 Å². The number of aliphatic hydroxyl groups is 1. The number of benzene rings is 1. The minimum absolute atomic E-state index is 0.143. The van der Waals surface area contributed by atoms with Gasteiger partial charge in [-0.05, 0) is 30.9 Å². The third kappa shape index (κ3) is 2.72. The second kappa shape index (κ2) is 5.07. The Morgan fingerprint density at radius 2 is 2.11 bits per heavy atom. The smallest absolute Gasteiger partial charge is 0.244 e. The summed E-state index contributed by atoms with van der Waals surface area (Å²) in [6, 6.07) is 3.73. The minimum atomic E-state index is -3.79. The molecule has 5 nitrogen and oxygen atoms in total.